The van der Waals surface area contributed by atoms with Crippen molar-refractivity contribution in [3.05, 3.63) is 24.0 Å². The minimum absolute atomic E-state index is 0.613. The van der Waals surface area contributed by atoms with Gasteiger partial charge in [0, 0.05) is 26.0 Å². The Balaban J connectivity index is 2.26. The van der Waals surface area contributed by atoms with E-state index in [1.165, 1.54) is 0 Å². The molecule has 5 heteroatoms. The van der Waals surface area contributed by atoms with Crippen LogP contribution in [0.3, 0.4) is 0 Å². The molecule has 0 bridgehead atoms. The van der Waals surface area contributed by atoms with Crippen LogP contribution in [0.5, 0.6) is 0 Å². The summed E-state index contributed by atoms with van der Waals surface area (Å²) in [5, 5.41) is 6.77. The van der Waals surface area contributed by atoms with Gasteiger partial charge in [-0.1, -0.05) is 0 Å². The van der Waals surface area contributed by atoms with Gasteiger partial charge in [0.05, 0.1) is 11.9 Å². The average Bonchev–Trinajstić information content (AvgIpc) is 2.28. The Morgan fingerprint density at radius 3 is 2.94 bits per heavy atom. The van der Waals surface area contributed by atoms with Crippen molar-refractivity contribution in [2.45, 2.75) is 13.3 Å². The van der Waals surface area contributed by atoms with Gasteiger partial charge in [0.15, 0.2) is 5.11 Å². The predicted molar refractivity (Wildman–Crippen MR) is 69.7 cm³/mol. The van der Waals surface area contributed by atoms with E-state index in [0.29, 0.717) is 5.11 Å². The van der Waals surface area contributed by atoms with Crippen LogP contribution in [0.15, 0.2) is 18.3 Å². The second kappa shape index (κ2) is 7.14. The zero-order chi connectivity index (χ0) is 11.8. The van der Waals surface area contributed by atoms with Crippen molar-refractivity contribution >= 4 is 23.0 Å². The molecule has 0 spiro atoms. The Labute approximate surface area is 101 Å². The normalized spacial score (nSPS) is 9.88. The maximum absolute atomic E-state index is 5.13. The molecule has 0 saturated heterocycles. The van der Waals surface area contributed by atoms with E-state index in [0.717, 1.165) is 31.0 Å². The molecule has 16 heavy (non-hydrogen) atoms. The minimum Gasteiger partial charge on any atom is -0.385 e. The van der Waals surface area contributed by atoms with E-state index < -0.39 is 0 Å². The maximum Gasteiger partial charge on any atom is 0.170 e. The molecular formula is C11H17N3OS. The van der Waals surface area contributed by atoms with Gasteiger partial charge >= 0.3 is 0 Å². The first kappa shape index (κ1) is 12.9. The molecule has 0 aliphatic heterocycles. The quantitative estimate of drug-likeness (QED) is 0.605. The summed E-state index contributed by atoms with van der Waals surface area (Å²) < 4.78 is 4.94. The van der Waals surface area contributed by atoms with Crippen LogP contribution in [0.4, 0.5) is 5.69 Å². The topological polar surface area (TPSA) is 46.2 Å². The van der Waals surface area contributed by atoms with Crippen molar-refractivity contribution in [1.29, 1.82) is 0 Å². The highest BCUT2D eigenvalue weighted by Crippen LogP contribution is 2.04. The van der Waals surface area contributed by atoms with E-state index >= 15 is 0 Å². The number of pyridine rings is 1. The van der Waals surface area contributed by atoms with Crippen LogP contribution in [0.2, 0.25) is 0 Å². The molecule has 4 nitrogen and oxygen atoms in total. The summed E-state index contributed by atoms with van der Waals surface area (Å²) in [7, 11) is 1.69. The zero-order valence-electron chi connectivity index (χ0n) is 9.62. The van der Waals surface area contributed by atoms with E-state index in [1.807, 2.05) is 19.1 Å². The van der Waals surface area contributed by atoms with Gasteiger partial charge in [-0.25, -0.2) is 0 Å². The summed E-state index contributed by atoms with van der Waals surface area (Å²) in [5.41, 5.74) is 1.89. The average molecular weight is 239 g/mol. The molecular weight excluding hydrogens is 222 g/mol. The Morgan fingerprint density at radius 1 is 1.50 bits per heavy atom. The molecule has 1 heterocycles. The van der Waals surface area contributed by atoms with Crippen LogP contribution in [0.25, 0.3) is 0 Å². The third-order valence-corrected chi connectivity index (χ3v) is 2.23. The molecule has 2 N–H and O–H groups in total. The van der Waals surface area contributed by atoms with Crippen molar-refractivity contribution < 1.29 is 4.74 Å². The van der Waals surface area contributed by atoms with Crippen LogP contribution in [-0.4, -0.2) is 30.4 Å². The van der Waals surface area contributed by atoms with Gasteiger partial charge in [0.25, 0.3) is 0 Å². The molecule has 0 aliphatic carbocycles. The highest BCUT2D eigenvalue weighted by Gasteiger charge is 1.96. The summed E-state index contributed by atoms with van der Waals surface area (Å²) in [4.78, 5) is 4.17. The summed E-state index contributed by atoms with van der Waals surface area (Å²) in [6.07, 6.45) is 2.70. The van der Waals surface area contributed by atoms with Crippen molar-refractivity contribution in [1.82, 2.24) is 10.3 Å². The minimum atomic E-state index is 0.613. The smallest absolute Gasteiger partial charge is 0.170 e. The van der Waals surface area contributed by atoms with E-state index in [2.05, 4.69) is 15.6 Å². The number of aromatic nitrogens is 1. The first-order chi connectivity index (χ1) is 7.72. The third-order valence-electron chi connectivity index (χ3n) is 1.98. The Bertz CT molecular complexity index is 327. The lowest BCUT2D eigenvalue weighted by Gasteiger charge is -2.09. The summed E-state index contributed by atoms with van der Waals surface area (Å²) in [5.74, 6) is 0. The second-order valence-electron chi connectivity index (χ2n) is 3.42. The molecule has 1 aromatic rings. The van der Waals surface area contributed by atoms with Gasteiger partial charge in [-0.15, -0.1) is 0 Å². The zero-order valence-corrected chi connectivity index (χ0v) is 10.4. The number of nitrogens with one attached hydrogen (secondary N) is 2. The lowest BCUT2D eigenvalue weighted by molar-refractivity contribution is 0.196. The maximum atomic E-state index is 5.13. The number of ether oxygens (including phenoxy) is 1. The molecule has 0 unspecified atom stereocenters. The molecule has 0 fully saturated rings. The van der Waals surface area contributed by atoms with Crippen LogP contribution < -0.4 is 10.6 Å². The van der Waals surface area contributed by atoms with Crippen molar-refractivity contribution in [3.8, 4) is 0 Å². The second-order valence-corrected chi connectivity index (χ2v) is 3.82. The third kappa shape index (κ3) is 5.04. The summed E-state index contributed by atoms with van der Waals surface area (Å²) in [6, 6.07) is 3.89. The van der Waals surface area contributed by atoms with Crippen LogP contribution >= 0.6 is 12.2 Å². The van der Waals surface area contributed by atoms with Gasteiger partial charge in [0.2, 0.25) is 0 Å². The fourth-order valence-corrected chi connectivity index (χ4v) is 1.36. The van der Waals surface area contributed by atoms with Crippen LogP contribution in [-0.2, 0) is 4.74 Å². The highest BCUT2D eigenvalue weighted by atomic mass is 32.1. The van der Waals surface area contributed by atoms with Gasteiger partial charge in [0.1, 0.15) is 0 Å². The number of anilines is 1. The lowest BCUT2D eigenvalue weighted by Crippen LogP contribution is -2.29. The van der Waals surface area contributed by atoms with Crippen LogP contribution in [0, 0.1) is 6.92 Å². The van der Waals surface area contributed by atoms with Gasteiger partial charge in [-0.2, -0.15) is 0 Å². The molecule has 1 rings (SSSR count). The van der Waals surface area contributed by atoms with Gasteiger partial charge in [-0.05, 0) is 37.7 Å². The van der Waals surface area contributed by atoms with Gasteiger partial charge in [-0.3, -0.25) is 4.98 Å². The van der Waals surface area contributed by atoms with E-state index in [1.54, 1.807) is 13.3 Å². The molecule has 0 saturated carbocycles. The first-order valence-electron chi connectivity index (χ1n) is 5.19. The van der Waals surface area contributed by atoms with Crippen molar-refractivity contribution in [2.24, 2.45) is 0 Å². The van der Waals surface area contributed by atoms with E-state index in [-0.39, 0.29) is 0 Å². The molecule has 0 radical (unpaired) electrons. The standard InChI is InChI=1S/C11H17N3OS/c1-9-4-5-10(8-13-9)14-11(16)12-6-3-7-15-2/h4-5,8H,3,6-7H2,1-2H3,(H2,12,14,16). The molecule has 1 aromatic heterocycles. The fourth-order valence-electron chi connectivity index (χ4n) is 1.14. The lowest BCUT2D eigenvalue weighted by atomic mass is 10.3. The highest BCUT2D eigenvalue weighted by molar-refractivity contribution is 7.80. The number of methoxy groups -OCH3 is 1. The molecule has 0 aromatic carbocycles. The monoisotopic (exact) mass is 239 g/mol. The SMILES string of the molecule is COCCCNC(=S)Nc1ccc(C)nc1. The largest absolute Gasteiger partial charge is 0.385 e. The number of nitrogens with zero attached hydrogens (tertiary/aromatic N) is 1. The Morgan fingerprint density at radius 2 is 2.31 bits per heavy atom. The first-order valence-corrected chi connectivity index (χ1v) is 5.59. The number of hydrogen-bond donors (Lipinski definition) is 2. The number of rotatable bonds is 5. The molecule has 88 valence electrons. The molecule has 0 amide bonds. The number of thiocarbonyl (C=S) groups is 1. The predicted octanol–water partition coefficient (Wildman–Crippen LogP) is 1.71. The fraction of sp³-hybridized carbons (Fsp3) is 0.455. The molecule has 0 atom stereocenters. The summed E-state index contributed by atoms with van der Waals surface area (Å²) >= 11 is 5.13. The van der Waals surface area contributed by atoms with Crippen molar-refractivity contribution in [2.75, 3.05) is 25.6 Å². The Hall–Kier alpha value is -1.20. The summed E-state index contributed by atoms with van der Waals surface area (Å²) in [6.45, 7) is 3.49. The molecule has 0 aliphatic rings. The number of aryl methyl sites for hydroxylation is 1. The van der Waals surface area contributed by atoms with Crippen LogP contribution in [0.1, 0.15) is 12.1 Å². The Kier molecular flexibility index (Phi) is 5.74. The number of hydrogen-bond acceptors (Lipinski definition) is 3. The van der Waals surface area contributed by atoms with E-state index in [4.69, 9.17) is 17.0 Å². The van der Waals surface area contributed by atoms with E-state index in [9.17, 15) is 0 Å². The van der Waals surface area contributed by atoms with Crippen molar-refractivity contribution in [3.63, 3.8) is 0 Å². The van der Waals surface area contributed by atoms with Gasteiger partial charge < -0.3 is 15.4 Å².